The fraction of sp³-hybridized carbons (Fsp3) is 0.250. The van der Waals surface area contributed by atoms with E-state index in [-0.39, 0.29) is 0 Å². The zero-order valence-corrected chi connectivity index (χ0v) is 10.8. The quantitative estimate of drug-likeness (QED) is 0.359. The summed E-state index contributed by atoms with van der Waals surface area (Å²) in [5, 5.41) is 0. The molecule has 1 aromatic carbocycles. The largest absolute Gasteiger partial charge is 0.522 e. The van der Waals surface area contributed by atoms with E-state index in [0.717, 1.165) is 4.43 Å². The van der Waals surface area contributed by atoms with Crippen molar-refractivity contribution in [3.05, 3.63) is 35.9 Å². The molecule has 1 rings (SSSR count). The van der Waals surface area contributed by atoms with Gasteiger partial charge >= 0.3 is 15.6 Å². The summed E-state index contributed by atoms with van der Waals surface area (Å²) in [4.78, 5) is 0. The highest BCUT2D eigenvalue weighted by Gasteiger charge is 2.44. The summed E-state index contributed by atoms with van der Waals surface area (Å²) in [7, 11) is -5.84. The normalized spacial score (nSPS) is 11.6. The Morgan fingerprint density at radius 1 is 1.19 bits per heavy atom. The smallest absolute Gasteiger partial charge is 0.279 e. The lowest BCUT2D eigenvalue weighted by Crippen LogP contribution is -2.21. The molecule has 0 aliphatic heterocycles. The topological polar surface area (TPSA) is 54.4 Å². The first-order chi connectivity index (χ1) is 7.18. The highest BCUT2D eigenvalue weighted by Crippen LogP contribution is 2.20. The van der Waals surface area contributed by atoms with E-state index < -0.39 is 15.6 Å². The van der Waals surface area contributed by atoms with E-state index in [2.05, 4.69) is 46.9 Å². The van der Waals surface area contributed by atoms with Gasteiger partial charge in [-0.3, -0.25) is 4.55 Å². The zero-order valence-electron chi connectivity index (χ0n) is 7.78. The van der Waals surface area contributed by atoms with Crippen molar-refractivity contribution in [1.82, 2.24) is 0 Å². The van der Waals surface area contributed by atoms with Gasteiger partial charge in [-0.05, 0) is 5.56 Å². The van der Waals surface area contributed by atoms with Crippen molar-refractivity contribution in [3.63, 3.8) is 0 Å². The summed E-state index contributed by atoms with van der Waals surface area (Å²) in [6.45, 7) is 0. The third-order valence-corrected chi connectivity index (χ3v) is 2.76. The second-order valence-corrected chi connectivity index (χ2v) is 4.72. The first-order valence-electron chi connectivity index (χ1n) is 3.82. The van der Waals surface area contributed by atoms with Crippen LogP contribution in [0, 0.1) is 0 Å². The summed E-state index contributed by atoms with van der Waals surface area (Å²) >= 11 is 2.35. The predicted molar refractivity (Wildman–Crippen MR) is 61.8 cm³/mol. The molecule has 0 amide bonds. The molecule has 0 fully saturated rings. The van der Waals surface area contributed by atoms with Crippen molar-refractivity contribution in [1.29, 1.82) is 0 Å². The Labute approximate surface area is 105 Å². The Morgan fingerprint density at radius 3 is 1.75 bits per heavy atom. The van der Waals surface area contributed by atoms with Gasteiger partial charge in [0.1, 0.15) is 0 Å². The van der Waals surface area contributed by atoms with Gasteiger partial charge in [0, 0.05) is 4.43 Å². The van der Waals surface area contributed by atoms with E-state index >= 15 is 0 Å². The summed E-state index contributed by atoms with van der Waals surface area (Å²) in [5.41, 5.74) is -4.14. The van der Waals surface area contributed by atoms with Crippen molar-refractivity contribution in [3.8, 4) is 0 Å². The number of alkyl halides is 4. The molecule has 0 aromatic heterocycles. The highest BCUT2D eigenvalue weighted by atomic mass is 127. The molecule has 0 saturated carbocycles. The number of rotatable bonds is 1. The van der Waals surface area contributed by atoms with Crippen LogP contribution in [0.25, 0.3) is 0 Å². The maximum atomic E-state index is 10.7. The fourth-order valence-electron chi connectivity index (χ4n) is 0.567. The number of hydrogen-bond acceptors (Lipinski definition) is 2. The van der Waals surface area contributed by atoms with Gasteiger partial charge in [0.25, 0.3) is 0 Å². The molecule has 0 saturated heterocycles. The summed E-state index contributed by atoms with van der Waals surface area (Å²) < 4.78 is 58.7. The minimum Gasteiger partial charge on any atom is -0.279 e. The summed E-state index contributed by atoms with van der Waals surface area (Å²) in [5.74, 6) is 0. The molecule has 0 aliphatic carbocycles. The minimum absolute atomic E-state index is 1.11. The van der Waals surface area contributed by atoms with Crippen molar-refractivity contribution >= 4 is 32.7 Å². The standard InChI is InChI=1S/C7H7I.CHF3O3S/c8-6-7-4-2-1-3-5-7;2-1(3,4)8(5,6)7/h1-5H,6H2;(H,5,6,7). The SMILES string of the molecule is ICc1ccccc1.O=S(=O)(O)C(F)(F)F. The average Bonchev–Trinajstić information content (AvgIpc) is 2.17. The number of benzene rings is 1. The molecule has 92 valence electrons. The molecule has 0 heterocycles. The maximum absolute atomic E-state index is 10.7. The van der Waals surface area contributed by atoms with E-state index in [1.807, 2.05) is 6.07 Å². The Hall–Kier alpha value is -0.350. The van der Waals surface area contributed by atoms with E-state index in [1.165, 1.54) is 5.56 Å². The highest BCUT2D eigenvalue weighted by molar-refractivity contribution is 14.1. The zero-order chi connectivity index (χ0) is 12.8. The van der Waals surface area contributed by atoms with Crippen LogP contribution in [0.4, 0.5) is 13.2 Å². The Bertz CT molecular complexity index is 402. The molecule has 0 atom stereocenters. The van der Waals surface area contributed by atoms with Gasteiger partial charge in [-0.1, -0.05) is 52.9 Å². The van der Waals surface area contributed by atoms with Crippen LogP contribution in [0.2, 0.25) is 0 Å². The molecular weight excluding hydrogens is 360 g/mol. The van der Waals surface area contributed by atoms with Crippen molar-refractivity contribution < 1.29 is 26.1 Å². The summed E-state index contributed by atoms with van der Waals surface area (Å²) in [6.07, 6.45) is 0. The van der Waals surface area contributed by atoms with E-state index in [0.29, 0.717) is 0 Å². The van der Waals surface area contributed by atoms with Gasteiger partial charge in [0.05, 0.1) is 0 Å². The van der Waals surface area contributed by atoms with Crippen LogP contribution in [0.1, 0.15) is 5.56 Å². The van der Waals surface area contributed by atoms with Crippen molar-refractivity contribution in [2.45, 2.75) is 9.94 Å². The monoisotopic (exact) mass is 368 g/mol. The lowest BCUT2D eigenvalue weighted by molar-refractivity contribution is -0.0510. The lowest BCUT2D eigenvalue weighted by Gasteiger charge is -1.97. The molecule has 1 aromatic rings. The van der Waals surface area contributed by atoms with Gasteiger partial charge in [0.15, 0.2) is 0 Å². The molecule has 0 spiro atoms. The fourth-order valence-corrected chi connectivity index (χ4v) is 1.08. The van der Waals surface area contributed by atoms with Crippen LogP contribution in [-0.2, 0) is 14.5 Å². The molecule has 0 aliphatic rings. The minimum atomic E-state index is -5.84. The van der Waals surface area contributed by atoms with E-state index in [9.17, 15) is 13.2 Å². The molecule has 8 heteroatoms. The van der Waals surface area contributed by atoms with Gasteiger partial charge < -0.3 is 0 Å². The Morgan fingerprint density at radius 2 is 1.56 bits per heavy atom. The Kier molecular flexibility index (Phi) is 6.26. The first-order valence-corrected chi connectivity index (χ1v) is 6.78. The molecule has 0 unspecified atom stereocenters. The van der Waals surface area contributed by atoms with Crippen LogP contribution in [0.3, 0.4) is 0 Å². The molecule has 16 heavy (non-hydrogen) atoms. The second-order valence-electron chi connectivity index (χ2n) is 2.54. The molecule has 0 bridgehead atoms. The lowest BCUT2D eigenvalue weighted by atomic mass is 10.2. The van der Waals surface area contributed by atoms with Crippen molar-refractivity contribution in [2.24, 2.45) is 0 Å². The van der Waals surface area contributed by atoms with Crippen LogP contribution >= 0.6 is 22.6 Å². The summed E-state index contributed by atoms with van der Waals surface area (Å²) in [6, 6.07) is 10.4. The van der Waals surface area contributed by atoms with E-state index in [1.54, 1.807) is 0 Å². The molecule has 3 nitrogen and oxygen atoms in total. The van der Waals surface area contributed by atoms with Crippen LogP contribution < -0.4 is 0 Å². The van der Waals surface area contributed by atoms with Crippen molar-refractivity contribution in [2.75, 3.05) is 0 Å². The van der Waals surface area contributed by atoms with E-state index in [4.69, 9.17) is 13.0 Å². The third kappa shape index (κ3) is 6.28. The second kappa shape index (κ2) is 6.40. The number of halogens is 4. The molecule has 1 N–H and O–H groups in total. The number of hydrogen-bond donors (Lipinski definition) is 1. The van der Waals surface area contributed by atoms with Gasteiger partial charge in [-0.25, -0.2) is 0 Å². The van der Waals surface area contributed by atoms with Crippen LogP contribution in [-0.4, -0.2) is 18.5 Å². The van der Waals surface area contributed by atoms with Gasteiger partial charge in [-0.2, -0.15) is 21.6 Å². The third-order valence-electron chi connectivity index (χ3n) is 1.29. The predicted octanol–water partition coefficient (Wildman–Crippen LogP) is 3.02. The van der Waals surface area contributed by atoms with Crippen LogP contribution in [0.15, 0.2) is 30.3 Å². The Balaban J connectivity index is 0.000000281. The maximum Gasteiger partial charge on any atom is 0.522 e. The first kappa shape index (κ1) is 15.7. The molecular formula is C8H8F3IO3S. The van der Waals surface area contributed by atoms with Crippen LogP contribution in [0.5, 0.6) is 0 Å². The van der Waals surface area contributed by atoms with Gasteiger partial charge in [0.2, 0.25) is 0 Å². The molecule has 0 radical (unpaired) electrons. The average molecular weight is 368 g/mol. The van der Waals surface area contributed by atoms with Gasteiger partial charge in [-0.15, -0.1) is 0 Å².